The molecule has 5 rings (SSSR count). The van der Waals surface area contributed by atoms with Crippen LogP contribution in [0.1, 0.15) is 55.2 Å². The summed E-state index contributed by atoms with van der Waals surface area (Å²) >= 11 is 1.28. The molecule has 1 fully saturated rings. The van der Waals surface area contributed by atoms with E-state index in [2.05, 4.69) is 15.3 Å². The highest BCUT2D eigenvalue weighted by Crippen LogP contribution is 2.38. The highest BCUT2D eigenvalue weighted by molar-refractivity contribution is 7.17. The maximum atomic E-state index is 12.8. The van der Waals surface area contributed by atoms with Crippen molar-refractivity contribution >= 4 is 46.0 Å². The van der Waals surface area contributed by atoms with Gasteiger partial charge in [0.15, 0.2) is 5.65 Å². The number of nitrogen functional groups attached to an aromatic ring is 1. The summed E-state index contributed by atoms with van der Waals surface area (Å²) in [5.41, 5.74) is 7.28. The third-order valence-electron chi connectivity index (χ3n) is 6.23. The largest absolute Gasteiger partial charge is 0.465 e. The zero-order valence-corrected chi connectivity index (χ0v) is 21.6. The molecule has 0 spiro atoms. The van der Waals surface area contributed by atoms with Gasteiger partial charge in [-0.15, -0.1) is 11.3 Å². The molecule has 5 heterocycles. The lowest BCUT2D eigenvalue weighted by atomic mass is 9.95. The molecule has 12 heteroatoms. The fourth-order valence-electron chi connectivity index (χ4n) is 4.36. The monoisotopic (exact) mass is 520 g/mol. The molecular weight excluding hydrogens is 492 g/mol. The van der Waals surface area contributed by atoms with Crippen molar-refractivity contribution in [2.75, 3.05) is 24.1 Å². The molecule has 0 unspecified atom stereocenters. The van der Waals surface area contributed by atoms with Crippen molar-refractivity contribution in [3.8, 4) is 10.6 Å². The van der Waals surface area contributed by atoms with Gasteiger partial charge in [0.05, 0.1) is 21.2 Å². The van der Waals surface area contributed by atoms with E-state index in [0.717, 1.165) is 17.7 Å². The fourth-order valence-corrected chi connectivity index (χ4v) is 5.25. The van der Waals surface area contributed by atoms with Crippen molar-refractivity contribution in [1.29, 1.82) is 0 Å². The second-order valence-electron chi connectivity index (χ2n) is 10.0. The van der Waals surface area contributed by atoms with Gasteiger partial charge in [0.25, 0.3) is 5.91 Å². The van der Waals surface area contributed by atoms with E-state index >= 15 is 0 Å². The number of rotatable bonds is 4. The van der Waals surface area contributed by atoms with E-state index in [-0.39, 0.29) is 17.4 Å². The Morgan fingerprint density at radius 3 is 2.70 bits per heavy atom. The minimum Gasteiger partial charge on any atom is -0.465 e. The molecular formula is C25H28N8O3S. The molecule has 0 aliphatic carbocycles. The van der Waals surface area contributed by atoms with Crippen molar-refractivity contribution in [2.24, 2.45) is 0 Å². The number of hydrogen-bond donors (Lipinski definition) is 3. The van der Waals surface area contributed by atoms with Gasteiger partial charge in [-0.3, -0.25) is 4.79 Å². The number of amides is 2. The van der Waals surface area contributed by atoms with Gasteiger partial charge >= 0.3 is 6.09 Å². The van der Waals surface area contributed by atoms with E-state index in [1.165, 1.54) is 16.2 Å². The lowest BCUT2D eigenvalue weighted by molar-refractivity contribution is 0.103. The molecule has 1 aliphatic rings. The highest BCUT2D eigenvalue weighted by atomic mass is 32.1. The van der Waals surface area contributed by atoms with Crippen LogP contribution in [0.15, 0.2) is 36.5 Å². The van der Waals surface area contributed by atoms with Crippen LogP contribution in [-0.4, -0.2) is 59.8 Å². The maximum absolute atomic E-state index is 12.8. The number of likely N-dealkylation sites (tertiary alicyclic amines) is 1. The molecule has 37 heavy (non-hydrogen) atoms. The van der Waals surface area contributed by atoms with Crippen molar-refractivity contribution in [1.82, 2.24) is 29.6 Å². The molecule has 192 valence electrons. The summed E-state index contributed by atoms with van der Waals surface area (Å²) < 4.78 is 1.79. The van der Waals surface area contributed by atoms with Crippen LogP contribution in [-0.2, 0) is 5.41 Å². The third-order valence-corrected chi connectivity index (χ3v) is 7.32. The molecule has 1 aliphatic heterocycles. The number of carboxylic acid groups (broad SMARTS) is 1. The van der Waals surface area contributed by atoms with E-state index < -0.39 is 6.09 Å². The van der Waals surface area contributed by atoms with Gasteiger partial charge in [-0.05, 0) is 37.1 Å². The van der Waals surface area contributed by atoms with Gasteiger partial charge < -0.3 is 21.1 Å². The number of nitrogens with zero attached hydrogens (tertiary/aromatic N) is 6. The van der Waals surface area contributed by atoms with Crippen molar-refractivity contribution < 1.29 is 14.7 Å². The Balaban J connectivity index is 1.58. The lowest BCUT2D eigenvalue weighted by Gasteiger charge is -2.31. The normalized spacial score (nSPS) is 16.2. The van der Waals surface area contributed by atoms with Crippen LogP contribution in [0.4, 0.5) is 16.4 Å². The molecule has 2 amide bonds. The molecule has 4 N–H and O–H groups in total. The van der Waals surface area contributed by atoms with Crippen LogP contribution in [0, 0.1) is 0 Å². The second kappa shape index (κ2) is 9.43. The molecule has 4 aromatic rings. The third kappa shape index (κ3) is 4.84. The highest BCUT2D eigenvalue weighted by Gasteiger charge is 2.30. The number of carbonyl (C=O) groups excluding carboxylic acids is 1. The van der Waals surface area contributed by atoms with Crippen molar-refractivity contribution in [3.05, 3.63) is 47.2 Å². The predicted octanol–water partition coefficient (Wildman–Crippen LogP) is 4.40. The Kier molecular flexibility index (Phi) is 6.28. The van der Waals surface area contributed by atoms with Crippen molar-refractivity contribution in [3.63, 3.8) is 0 Å². The Morgan fingerprint density at radius 1 is 1.19 bits per heavy atom. The summed E-state index contributed by atoms with van der Waals surface area (Å²) in [6.07, 6.45) is 2.14. The summed E-state index contributed by atoms with van der Waals surface area (Å²) in [5.74, 6) is 1.07. The van der Waals surface area contributed by atoms with Crippen LogP contribution in [0.5, 0.6) is 0 Å². The van der Waals surface area contributed by atoms with Crippen LogP contribution in [0.3, 0.4) is 0 Å². The molecule has 11 nitrogen and oxygen atoms in total. The minimum atomic E-state index is -0.951. The Morgan fingerprint density at radius 2 is 2.00 bits per heavy atom. The lowest BCUT2D eigenvalue weighted by Crippen LogP contribution is -2.40. The van der Waals surface area contributed by atoms with Crippen LogP contribution in [0.25, 0.3) is 21.6 Å². The first-order valence-electron chi connectivity index (χ1n) is 12.0. The predicted molar refractivity (Wildman–Crippen MR) is 142 cm³/mol. The number of hydrogen-bond acceptors (Lipinski definition) is 8. The first kappa shape index (κ1) is 24.6. The SMILES string of the molecule is CC(C)(C)c1nc(N)c2c(-c3ccc(C(=O)Nc4ccccn4)s3)nn([C@@H]3CCCN(C(=O)O)C3)c2n1. The van der Waals surface area contributed by atoms with Gasteiger partial charge in [-0.25, -0.2) is 24.4 Å². The standard InChI is InChI=1S/C25H28N8O3S/c1-25(2,3)23-29-20(26)18-19(15-9-10-16(37-15)22(34)28-17-8-4-5-11-27-17)31-33(21(18)30-23)14-7-6-12-32(13-14)24(35)36/h4-5,8-11,14H,6-7,12-13H2,1-3H3,(H,35,36)(H2,26,29,30)(H,27,28,34)/t14-/m1/s1. The van der Waals surface area contributed by atoms with Crippen LogP contribution < -0.4 is 11.1 Å². The number of pyridine rings is 1. The number of fused-ring (bicyclic) bond motifs is 1. The molecule has 0 radical (unpaired) electrons. The summed E-state index contributed by atoms with van der Waals surface area (Å²) in [5, 5.41) is 17.9. The smallest absolute Gasteiger partial charge is 0.407 e. The quantitative estimate of drug-likeness (QED) is 0.358. The Hall–Kier alpha value is -4.06. The molecule has 0 saturated carbocycles. The first-order chi connectivity index (χ1) is 17.6. The summed E-state index contributed by atoms with van der Waals surface area (Å²) in [4.78, 5) is 40.7. The number of nitrogens with one attached hydrogen (secondary N) is 1. The second-order valence-corrected chi connectivity index (χ2v) is 11.1. The zero-order chi connectivity index (χ0) is 26.3. The summed E-state index contributed by atoms with van der Waals surface area (Å²) in [6.45, 7) is 6.82. The number of piperidine rings is 1. The van der Waals surface area contributed by atoms with Gasteiger partial charge in [0.1, 0.15) is 23.2 Å². The average molecular weight is 521 g/mol. The van der Waals surface area contributed by atoms with Crippen LogP contribution in [0.2, 0.25) is 0 Å². The molecule has 0 bridgehead atoms. The van der Waals surface area contributed by atoms with E-state index in [1.54, 1.807) is 35.1 Å². The van der Waals surface area contributed by atoms with Gasteiger partial charge in [0.2, 0.25) is 0 Å². The van der Waals surface area contributed by atoms with Crippen LogP contribution >= 0.6 is 11.3 Å². The van der Waals surface area contributed by atoms with Gasteiger partial charge in [0, 0.05) is 24.7 Å². The number of aromatic nitrogens is 5. The molecule has 0 aromatic carbocycles. The average Bonchev–Trinajstić information content (AvgIpc) is 3.50. The van der Waals surface area contributed by atoms with Gasteiger partial charge in [-0.1, -0.05) is 26.8 Å². The summed E-state index contributed by atoms with van der Waals surface area (Å²) in [6, 6.07) is 8.65. The number of anilines is 2. The molecule has 4 aromatic heterocycles. The van der Waals surface area contributed by atoms with E-state index in [9.17, 15) is 14.7 Å². The summed E-state index contributed by atoms with van der Waals surface area (Å²) in [7, 11) is 0. The Bertz CT molecular complexity index is 1470. The maximum Gasteiger partial charge on any atom is 0.407 e. The molecule has 1 saturated heterocycles. The van der Waals surface area contributed by atoms with Crippen molar-refractivity contribution in [2.45, 2.75) is 45.1 Å². The minimum absolute atomic E-state index is 0.199. The topological polar surface area (TPSA) is 152 Å². The van der Waals surface area contributed by atoms with E-state index in [4.69, 9.17) is 15.8 Å². The number of thiophene rings is 1. The zero-order valence-electron chi connectivity index (χ0n) is 20.8. The number of carbonyl (C=O) groups is 2. The number of nitrogens with two attached hydrogens (primary N) is 1. The molecule has 1 atom stereocenters. The van der Waals surface area contributed by atoms with E-state index in [1.807, 2.05) is 26.8 Å². The van der Waals surface area contributed by atoms with Gasteiger partial charge in [-0.2, -0.15) is 5.10 Å². The first-order valence-corrected chi connectivity index (χ1v) is 12.8. The Labute approximate surface area is 217 Å². The fraction of sp³-hybridized carbons (Fsp3) is 0.360. The van der Waals surface area contributed by atoms with E-state index in [0.29, 0.717) is 52.2 Å².